The summed E-state index contributed by atoms with van der Waals surface area (Å²) in [5.41, 5.74) is 0.0310. The average molecular weight is 435 g/mol. The first-order valence-corrected chi connectivity index (χ1v) is 8.12. The lowest BCUT2D eigenvalue weighted by Crippen LogP contribution is -2.52. The molecular formula is C15H26IN5O2. The molecule has 7 nitrogen and oxygen atoms in total. The van der Waals surface area contributed by atoms with E-state index in [0.717, 1.165) is 51.3 Å². The van der Waals surface area contributed by atoms with Crippen LogP contribution in [0.25, 0.3) is 0 Å². The largest absolute Gasteiger partial charge is 0.355 e. The van der Waals surface area contributed by atoms with Crippen LogP contribution in [0.5, 0.6) is 0 Å². The fraction of sp³-hybridized carbons (Fsp3) is 0.800. The van der Waals surface area contributed by atoms with E-state index in [4.69, 9.17) is 0 Å². The number of hydrogen-bond donors (Lipinski definition) is 3. The van der Waals surface area contributed by atoms with E-state index >= 15 is 0 Å². The lowest BCUT2D eigenvalue weighted by atomic mass is 9.79. The number of amides is 2. The van der Waals surface area contributed by atoms with Crippen LogP contribution in [0.15, 0.2) is 4.99 Å². The number of nitrogens with one attached hydrogen (secondary N) is 3. The normalized spacial score (nSPS) is 27.4. The van der Waals surface area contributed by atoms with Crippen LogP contribution >= 0.6 is 24.0 Å². The molecule has 130 valence electrons. The first kappa shape index (κ1) is 18.3. The second-order valence-electron chi connectivity index (χ2n) is 6.72. The summed E-state index contributed by atoms with van der Waals surface area (Å²) in [4.78, 5) is 29.8. The zero-order chi connectivity index (χ0) is 15.6. The standard InChI is InChI=1S/C15H25N5O2.HI/c1-16-14(17-8-13(22)19-11-3-4-11)20-6-2-5-15(10-20)7-12(21)18-9-15;/h11H,2-10H2,1H3,(H,16,17)(H,18,21)(H,19,22);1H. The number of carbonyl (C=O) groups excluding carboxylic acids is 2. The Labute approximate surface area is 154 Å². The molecule has 2 heterocycles. The summed E-state index contributed by atoms with van der Waals surface area (Å²) in [5, 5.41) is 9.06. The van der Waals surface area contributed by atoms with Crippen LogP contribution in [-0.2, 0) is 9.59 Å². The van der Waals surface area contributed by atoms with E-state index in [2.05, 4.69) is 25.8 Å². The summed E-state index contributed by atoms with van der Waals surface area (Å²) in [5.74, 6) is 0.922. The summed E-state index contributed by atoms with van der Waals surface area (Å²) in [6.07, 6.45) is 4.90. The molecule has 2 amide bonds. The Balaban J connectivity index is 0.00000192. The lowest BCUT2D eigenvalue weighted by Gasteiger charge is -2.40. The van der Waals surface area contributed by atoms with Crippen molar-refractivity contribution in [3.8, 4) is 0 Å². The first-order chi connectivity index (χ1) is 10.6. The maximum atomic E-state index is 11.8. The van der Waals surface area contributed by atoms with Gasteiger partial charge in [-0.15, -0.1) is 24.0 Å². The molecule has 1 spiro atoms. The average Bonchev–Trinajstić information content (AvgIpc) is 3.23. The lowest BCUT2D eigenvalue weighted by molar-refractivity contribution is -0.120. The summed E-state index contributed by atoms with van der Waals surface area (Å²) in [6.45, 7) is 2.74. The van der Waals surface area contributed by atoms with Crippen molar-refractivity contribution >= 4 is 41.8 Å². The molecule has 1 saturated carbocycles. The molecule has 0 aromatic carbocycles. The molecule has 8 heteroatoms. The number of aliphatic imine (C=N–C) groups is 1. The van der Waals surface area contributed by atoms with Gasteiger partial charge in [-0.25, -0.2) is 0 Å². The Morgan fingerprint density at radius 2 is 2.26 bits per heavy atom. The fourth-order valence-corrected chi connectivity index (χ4v) is 3.43. The van der Waals surface area contributed by atoms with Crippen LogP contribution in [0.4, 0.5) is 0 Å². The smallest absolute Gasteiger partial charge is 0.239 e. The predicted molar refractivity (Wildman–Crippen MR) is 98.8 cm³/mol. The molecule has 1 unspecified atom stereocenters. The highest BCUT2D eigenvalue weighted by Gasteiger charge is 2.42. The molecule has 3 N–H and O–H groups in total. The number of likely N-dealkylation sites (tertiary alicyclic amines) is 1. The molecule has 1 atom stereocenters. The predicted octanol–water partition coefficient (Wildman–Crippen LogP) is 0.0605. The molecule has 3 rings (SSSR count). The monoisotopic (exact) mass is 435 g/mol. The topological polar surface area (TPSA) is 85.8 Å². The number of halogens is 1. The van der Waals surface area contributed by atoms with Gasteiger partial charge in [0, 0.05) is 44.6 Å². The van der Waals surface area contributed by atoms with Crippen molar-refractivity contribution in [3.05, 3.63) is 0 Å². The molecule has 2 saturated heterocycles. The Kier molecular flexibility index (Phi) is 6.10. The van der Waals surface area contributed by atoms with E-state index in [1.807, 2.05) is 0 Å². The second-order valence-corrected chi connectivity index (χ2v) is 6.72. The van der Waals surface area contributed by atoms with Gasteiger partial charge >= 0.3 is 0 Å². The van der Waals surface area contributed by atoms with Crippen molar-refractivity contribution in [2.24, 2.45) is 10.4 Å². The van der Waals surface area contributed by atoms with Crippen LogP contribution in [0.2, 0.25) is 0 Å². The summed E-state index contributed by atoms with van der Waals surface area (Å²) in [6, 6.07) is 0.380. The molecule has 2 aliphatic heterocycles. The molecule has 0 bridgehead atoms. The van der Waals surface area contributed by atoms with Gasteiger partial charge in [-0.2, -0.15) is 0 Å². The highest BCUT2D eigenvalue weighted by atomic mass is 127. The maximum absolute atomic E-state index is 11.8. The van der Waals surface area contributed by atoms with Crippen LogP contribution in [0.3, 0.4) is 0 Å². The Morgan fingerprint density at radius 3 is 2.87 bits per heavy atom. The number of piperidine rings is 1. The Hall–Kier alpha value is -1.06. The van der Waals surface area contributed by atoms with E-state index in [1.165, 1.54) is 0 Å². The third kappa shape index (κ3) is 4.71. The molecule has 0 aromatic rings. The van der Waals surface area contributed by atoms with Gasteiger partial charge in [-0.05, 0) is 25.7 Å². The van der Waals surface area contributed by atoms with E-state index < -0.39 is 0 Å². The minimum atomic E-state index is 0. The van der Waals surface area contributed by atoms with Gasteiger partial charge in [-0.3, -0.25) is 14.6 Å². The van der Waals surface area contributed by atoms with Gasteiger partial charge < -0.3 is 20.9 Å². The molecule has 0 aromatic heterocycles. The van der Waals surface area contributed by atoms with E-state index in [-0.39, 0.29) is 47.8 Å². The zero-order valence-corrected chi connectivity index (χ0v) is 15.9. The van der Waals surface area contributed by atoms with Crippen LogP contribution < -0.4 is 16.0 Å². The third-order valence-electron chi connectivity index (χ3n) is 4.72. The second kappa shape index (κ2) is 7.67. The number of carbonyl (C=O) groups is 2. The molecule has 23 heavy (non-hydrogen) atoms. The molecule has 1 aliphatic carbocycles. The van der Waals surface area contributed by atoms with Gasteiger partial charge in [-0.1, -0.05) is 0 Å². The van der Waals surface area contributed by atoms with Gasteiger partial charge in [0.25, 0.3) is 0 Å². The van der Waals surface area contributed by atoms with Gasteiger partial charge in [0.15, 0.2) is 5.96 Å². The summed E-state index contributed by atoms with van der Waals surface area (Å²) >= 11 is 0. The van der Waals surface area contributed by atoms with E-state index in [1.54, 1.807) is 7.05 Å². The summed E-state index contributed by atoms with van der Waals surface area (Å²) in [7, 11) is 1.74. The minimum absolute atomic E-state index is 0. The van der Waals surface area contributed by atoms with Crippen molar-refractivity contribution in [3.63, 3.8) is 0 Å². The van der Waals surface area contributed by atoms with Gasteiger partial charge in [0.2, 0.25) is 11.8 Å². The van der Waals surface area contributed by atoms with E-state index in [9.17, 15) is 9.59 Å². The highest BCUT2D eigenvalue weighted by molar-refractivity contribution is 14.0. The number of hydrogen-bond acceptors (Lipinski definition) is 3. The number of guanidine groups is 1. The summed E-state index contributed by atoms with van der Waals surface area (Å²) < 4.78 is 0. The Morgan fingerprint density at radius 1 is 1.48 bits per heavy atom. The van der Waals surface area contributed by atoms with Gasteiger partial charge in [0.05, 0.1) is 6.54 Å². The van der Waals surface area contributed by atoms with Gasteiger partial charge in [0.1, 0.15) is 0 Å². The SMILES string of the molecule is CN=C(NCC(=O)NC1CC1)N1CCCC2(CNC(=O)C2)C1.I. The first-order valence-electron chi connectivity index (χ1n) is 8.12. The molecule has 0 radical (unpaired) electrons. The number of rotatable bonds is 3. The van der Waals surface area contributed by atoms with Crippen LogP contribution in [-0.4, -0.2) is 61.9 Å². The van der Waals surface area contributed by atoms with Crippen molar-refractivity contribution in [1.82, 2.24) is 20.9 Å². The maximum Gasteiger partial charge on any atom is 0.239 e. The minimum Gasteiger partial charge on any atom is -0.355 e. The van der Waals surface area contributed by atoms with Crippen LogP contribution in [0, 0.1) is 5.41 Å². The number of nitrogens with zero attached hydrogens (tertiary/aromatic N) is 2. The molecule has 3 aliphatic rings. The fourth-order valence-electron chi connectivity index (χ4n) is 3.43. The van der Waals surface area contributed by atoms with Crippen molar-refractivity contribution in [2.75, 3.05) is 33.2 Å². The molecule has 3 fully saturated rings. The molecular weight excluding hydrogens is 409 g/mol. The Bertz CT molecular complexity index is 494. The quantitative estimate of drug-likeness (QED) is 0.333. The third-order valence-corrected chi connectivity index (χ3v) is 4.72. The van der Waals surface area contributed by atoms with Crippen molar-refractivity contribution in [1.29, 1.82) is 0 Å². The van der Waals surface area contributed by atoms with Crippen molar-refractivity contribution < 1.29 is 9.59 Å². The zero-order valence-electron chi connectivity index (χ0n) is 13.6. The highest BCUT2D eigenvalue weighted by Crippen LogP contribution is 2.35. The van der Waals surface area contributed by atoms with Crippen LogP contribution in [0.1, 0.15) is 32.1 Å². The van der Waals surface area contributed by atoms with E-state index in [0.29, 0.717) is 12.5 Å². The van der Waals surface area contributed by atoms with Crippen molar-refractivity contribution in [2.45, 2.75) is 38.1 Å².